The third-order valence-corrected chi connectivity index (χ3v) is 5.90. The van der Waals surface area contributed by atoms with Gasteiger partial charge in [0.15, 0.2) is 4.34 Å². The highest BCUT2D eigenvalue weighted by Crippen LogP contribution is 2.25. The van der Waals surface area contributed by atoms with E-state index in [1.165, 1.54) is 23.1 Å². The summed E-state index contributed by atoms with van der Waals surface area (Å²) >= 11 is 2.52. The molecular formula is C18H22N4O4S2. The fraction of sp³-hybridized carbons (Fsp3) is 0.444. The molecule has 0 unspecified atom stereocenters. The SMILES string of the molecule is CCOc1ccc(C(=O)Nc2nnc(SCC(=O)NC[C@@H]3CCCO3)s2)cc1. The number of nitrogens with zero attached hydrogens (tertiary/aromatic N) is 2. The van der Waals surface area contributed by atoms with Gasteiger partial charge in [-0.25, -0.2) is 0 Å². The zero-order valence-corrected chi connectivity index (χ0v) is 17.1. The average Bonchev–Trinajstić information content (AvgIpc) is 3.37. The summed E-state index contributed by atoms with van der Waals surface area (Å²) in [6, 6.07) is 6.87. The van der Waals surface area contributed by atoms with E-state index >= 15 is 0 Å². The molecule has 0 spiro atoms. The van der Waals surface area contributed by atoms with Crippen LogP contribution in [0.25, 0.3) is 0 Å². The van der Waals surface area contributed by atoms with Gasteiger partial charge in [0.2, 0.25) is 11.0 Å². The average molecular weight is 423 g/mol. The van der Waals surface area contributed by atoms with Gasteiger partial charge in [0.25, 0.3) is 5.91 Å². The summed E-state index contributed by atoms with van der Waals surface area (Å²) in [7, 11) is 0. The Kier molecular flexibility index (Phi) is 7.63. The van der Waals surface area contributed by atoms with E-state index in [2.05, 4.69) is 20.8 Å². The molecule has 1 fully saturated rings. The van der Waals surface area contributed by atoms with Gasteiger partial charge in [-0.2, -0.15) is 0 Å². The Morgan fingerprint density at radius 3 is 2.86 bits per heavy atom. The summed E-state index contributed by atoms with van der Waals surface area (Å²) < 4.78 is 11.5. The largest absolute Gasteiger partial charge is 0.494 e. The van der Waals surface area contributed by atoms with Crippen LogP contribution in [-0.2, 0) is 9.53 Å². The highest BCUT2D eigenvalue weighted by atomic mass is 32.2. The second kappa shape index (κ2) is 10.4. The van der Waals surface area contributed by atoms with Crippen molar-refractivity contribution in [3.05, 3.63) is 29.8 Å². The standard InChI is InChI=1S/C18H22N4O4S2/c1-2-25-13-7-5-12(6-8-13)16(24)20-17-21-22-18(28-17)27-11-15(23)19-10-14-4-3-9-26-14/h5-8,14H,2-4,9-11H2,1H3,(H,19,23)(H,20,21,24)/t14-/m0/s1. The summed E-state index contributed by atoms with van der Waals surface area (Å²) in [6.07, 6.45) is 2.16. The predicted octanol–water partition coefficient (Wildman–Crippen LogP) is 2.58. The van der Waals surface area contributed by atoms with Crippen molar-refractivity contribution in [2.24, 2.45) is 0 Å². The number of nitrogens with one attached hydrogen (secondary N) is 2. The van der Waals surface area contributed by atoms with Crippen molar-refractivity contribution < 1.29 is 19.1 Å². The normalized spacial score (nSPS) is 16.0. The van der Waals surface area contributed by atoms with Crippen LogP contribution >= 0.6 is 23.1 Å². The molecule has 3 rings (SSSR count). The van der Waals surface area contributed by atoms with Crippen LogP contribution in [0.1, 0.15) is 30.1 Å². The van der Waals surface area contributed by atoms with Crippen LogP contribution in [0.5, 0.6) is 5.75 Å². The van der Waals surface area contributed by atoms with Crippen molar-refractivity contribution >= 4 is 40.0 Å². The first-order valence-electron chi connectivity index (χ1n) is 9.03. The van der Waals surface area contributed by atoms with Crippen LogP contribution in [-0.4, -0.2) is 53.6 Å². The Bertz CT molecular complexity index is 791. The van der Waals surface area contributed by atoms with E-state index in [0.717, 1.165) is 19.4 Å². The van der Waals surface area contributed by atoms with Crippen LogP contribution in [0.3, 0.4) is 0 Å². The lowest BCUT2D eigenvalue weighted by Gasteiger charge is -2.09. The van der Waals surface area contributed by atoms with E-state index in [-0.39, 0.29) is 23.7 Å². The van der Waals surface area contributed by atoms with Gasteiger partial charge in [-0.3, -0.25) is 14.9 Å². The third kappa shape index (κ3) is 6.18. The summed E-state index contributed by atoms with van der Waals surface area (Å²) in [5, 5.41) is 13.9. The number of amides is 2. The number of hydrogen-bond acceptors (Lipinski definition) is 8. The Hall–Kier alpha value is -2.17. The van der Waals surface area contributed by atoms with Crippen LogP contribution in [0.4, 0.5) is 5.13 Å². The number of carbonyl (C=O) groups excluding carboxylic acids is 2. The van der Waals surface area contributed by atoms with E-state index in [0.29, 0.717) is 33.9 Å². The van der Waals surface area contributed by atoms with E-state index in [9.17, 15) is 9.59 Å². The van der Waals surface area contributed by atoms with Gasteiger partial charge in [-0.05, 0) is 44.0 Å². The van der Waals surface area contributed by atoms with Crippen molar-refractivity contribution in [3.8, 4) is 5.75 Å². The predicted molar refractivity (Wildman–Crippen MR) is 108 cm³/mol. The minimum absolute atomic E-state index is 0.0735. The topological polar surface area (TPSA) is 102 Å². The molecule has 1 atom stereocenters. The Labute approximate surface area is 171 Å². The van der Waals surface area contributed by atoms with Gasteiger partial charge in [-0.1, -0.05) is 23.1 Å². The lowest BCUT2D eigenvalue weighted by atomic mass is 10.2. The maximum absolute atomic E-state index is 12.3. The lowest BCUT2D eigenvalue weighted by molar-refractivity contribution is -0.119. The molecule has 28 heavy (non-hydrogen) atoms. The molecule has 2 N–H and O–H groups in total. The Morgan fingerprint density at radius 1 is 1.32 bits per heavy atom. The Balaban J connectivity index is 1.42. The van der Waals surface area contributed by atoms with Crippen molar-refractivity contribution in [1.29, 1.82) is 0 Å². The quantitative estimate of drug-likeness (QED) is 0.473. The van der Waals surface area contributed by atoms with Crippen molar-refractivity contribution in [2.75, 3.05) is 30.8 Å². The first kappa shape index (κ1) is 20.6. The van der Waals surface area contributed by atoms with Gasteiger partial charge in [0, 0.05) is 18.7 Å². The summed E-state index contributed by atoms with van der Waals surface area (Å²) in [5.74, 6) is 0.612. The molecule has 2 aromatic rings. The molecular weight excluding hydrogens is 400 g/mol. The van der Waals surface area contributed by atoms with E-state index < -0.39 is 0 Å². The molecule has 2 amide bonds. The minimum atomic E-state index is -0.273. The van der Waals surface area contributed by atoms with Gasteiger partial charge >= 0.3 is 0 Å². The highest BCUT2D eigenvalue weighted by molar-refractivity contribution is 8.01. The van der Waals surface area contributed by atoms with Gasteiger partial charge in [-0.15, -0.1) is 10.2 Å². The fourth-order valence-electron chi connectivity index (χ4n) is 2.57. The summed E-state index contributed by atoms with van der Waals surface area (Å²) in [5.41, 5.74) is 0.501. The number of ether oxygens (including phenoxy) is 2. The third-order valence-electron chi connectivity index (χ3n) is 3.93. The second-order valence-electron chi connectivity index (χ2n) is 6.01. The zero-order chi connectivity index (χ0) is 19.8. The van der Waals surface area contributed by atoms with Crippen LogP contribution in [0, 0.1) is 0 Å². The molecule has 1 saturated heterocycles. The van der Waals surface area contributed by atoms with Gasteiger partial charge < -0.3 is 14.8 Å². The molecule has 1 aromatic carbocycles. The number of aromatic nitrogens is 2. The van der Waals surface area contributed by atoms with Crippen molar-refractivity contribution in [3.63, 3.8) is 0 Å². The molecule has 8 nitrogen and oxygen atoms in total. The lowest BCUT2D eigenvalue weighted by Crippen LogP contribution is -2.32. The molecule has 0 radical (unpaired) electrons. The van der Waals surface area contributed by atoms with E-state index in [1.807, 2.05) is 6.92 Å². The van der Waals surface area contributed by atoms with Crippen LogP contribution in [0.2, 0.25) is 0 Å². The molecule has 1 aromatic heterocycles. The summed E-state index contributed by atoms with van der Waals surface area (Å²) in [6.45, 7) is 3.78. The molecule has 0 aliphatic carbocycles. The first-order chi connectivity index (χ1) is 13.6. The second-order valence-corrected chi connectivity index (χ2v) is 8.21. The smallest absolute Gasteiger partial charge is 0.257 e. The Morgan fingerprint density at radius 2 is 2.14 bits per heavy atom. The van der Waals surface area contributed by atoms with Crippen LogP contribution in [0.15, 0.2) is 28.6 Å². The van der Waals surface area contributed by atoms with Crippen molar-refractivity contribution in [2.45, 2.75) is 30.2 Å². The number of anilines is 1. The molecule has 0 saturated carbocycles. The van der Waals surface area contributed by atoms with Crippen molar-refractivity contribution in [1.82, 2.24) is 15.5 Å². The van der Waals surface area contributed by atoms with E-state index in [1.54, 1.807) is 24.3 Å². The maximum Gasteiger partial charge on any atom is 0.257 e. The molecule has 1 aliphatic heterocycles. The number of carbonyl (C=O) groups is 2. The van der Waals surface area contributed by atoms with Crippen LogP contribution < -0.4 is 15.4 Å². The molecule has 1 aliphatic rings. The maximum atomic E-state index is 12.3. The molecule has 0 bridgehead atoms. The minimum Gasteiger partial charge on any atom is -0.494 e. The number of hydrogen-bond donors (Lipinski definition) is 2. The fourth-order valence-corrected chi connectivity index (χ4v) is 4.15. The first-order valence-corrected chi connectivity index (χ1v) is 10.8. The van der Waals surface area contributed by atoms with Gasteiger partial charge in [0.1, 0.15) is 5.75 Å². The zero-order valence-electron chi connectivity index (χ0n) is 15.5. The molecule has 10 heteroatoms. The number of rotatable bonds is 9. The molecule has 150 valence electrons. The number of benzene rings is 1. The highest BCUT2D eigenvalue weighted by Gasteiger charge is 2.17. The molecule has 2 heterocycles. The summed E-state index contributed by atoms with van der Waals surface area (Å²) in [4.78, 5) is 24.2. The van der Waals surface area contributed by atoms with Gasteiger partial charge in [0.05, 0.1) is 18.5 Å². The number of thioether (sulfide) groups is 1. The van der Waals surface area contributed by atoms with E-state index in [4.69, 9.17) is 9.47 Å². The monoisotopic (exact) mass is 422 g/mol.